The Bertz CT molecular complexity index is 1750. The lowest BCUT2D eigenvalue weighted by Gasteiger charge is -2.21. The van der Waals surface area contributed by atoms with E-state index in [4.69, 9.17) is 37.0 Å². The molecule has 3 N–H and O–H groups in total. The van der Waals surface area contributed by atoms with Gasteiger partial charge < -0.3 is 33.8 Å². The van der Waals surface area contributed by atoms with Gasteiger partial charge in [0.1, 0.15) is 19.3 Å². The number of phosphoric ester groups is 2. The van der Waals surface area contributed by atoms with Gasteiger partial charge in [-0.05, 0) is 49.4 Å². The van der Waals surface area contributed by atoms with Crippen LogP contribution in [0, 0.1) is 23.7 Å². The average molecular weight is 1300 g/mol. The van der Waals surface area contributed by atoms with Crippen LogP contribution in [0.1, 0.15) is 338 Å². The molecule has 0 radical (unpaired) electrons. The standard InChI is InChI=1S/C69H134O17P2/c1-59(2)45-37-29-21-15-11-9-10-12-18-25-35-43-51-68(73)86-65(56-80-67(72)50-42-34-28-27-32-40-48-62(7)8)58-84-88(77,78)82-54-63(70)53-81-87(75,76)83-57-64(85-69(74)52-44-36-26-20-14-17-23-31-39-47-61(5)6)55-79-66(71)49-41-33-24-19-13-16-22-30-38-46-60(3)4/h59-65,70H,9-58H2,1-8H3,(H,75,76)(H,77,78)/t63-,64-,65-/m1/s1. The van der Waals surface area contributed by atoms with E-state index in [-0.39, 0.29) is 25.7 Å². The normalized spacial score (nSPS) is 14.3. The van der Waals surface area contributed by atoms with Crippen LogP contribution < -0.4 is 0 Å². The Kier molecular flexibility index (Phi) is 57.6. The largest absolute Gasteiger partial charge is 0.472 e. The number of phosphoric acid groups is 2. The molecule has 19 heteroatoms. The maximum absolute atomic E-state index is 13.0. The third kappa shape index (κ3) is 62.8. The molecule has 0 amide bonds. The maximum Gasteiger partial charge on any atom is 0.472 e. The predicted molar refractivity (Wildman–Crippen MR) is 354 cm³/mol. The van der Waals surface area contributed by atoms with Crippen molar-refractivity contribution in [2.45, 2.75) is 356 Å². The van der Waals surface area contributed by atoms with Crippen LogP contribution in [0.4, 0.5) is 0 Å². The summed E-state index contributed by atoms with van der Waals surface area (Å²) in [4.78, 5) is 72.5. The SMILES string of the molecule is CC(C)CCCCCCCCCCCCCCC(=O)O[C@H](COC(=O)CCCCCCCCC(C)C)COP(=O)(O)OC[C@H](O)COP(=O)(O)OC[C@@H](COC(=O)CCCCCCCCCCCC(C)C)OC(=O)CCCCCCCCCCCC(C)C. The van der Waals surface area contributed by atoms with Gasteiger partial charge in [-0.2, -0.15) is 0 Å². The van der Waals surface area contributed by atoms with Crippen molar-refractivity contribution in [1.82, 2.24) is 0 Å². The number of aliphatic hydroxyl groups is 1. The average Bonchev–Trinajstić information content (AvgIpc) is 3.64. The van der Waals surface area contributed by atoms with Crippen LogP contribution in [0.25, 0.3) is 0 Å². The van der Waals surface area contributed by atoms with Crippen LogP contribution in [0.15, 0.2) is 0 Å². The second-order valence-electron chi connectivity index (χ2n) is 26.8. The fourth-order valence-corrected chi connectivity index (χ4v) is 11.9. The molecule has 0 fully saturated rings. The number of hydrogen-bond donors (Lipinski definition) is 3. The summed E-state index contributed by atoms with van der Waals surface area (Å²) >= 11 is 0. The smallest absolute Gasteiger partial charge is 0.462 e. The van der Waals surface area contributed by atoms with E-state index >= 15 is 0 Å². The van der Waals surface area contributed by atoms with Gasteiger partial charge in [0.15, 0.2) is 12.2 Å². The van der Waals surface area contributed by atoms with E-state index in [0.29, 0.717) is 31.6 Å². The number of hydrogen-bond acceptors (Lipinski definition) is 15. The Morgan fingerprint density at radius 2 is 0.477 bits per heavy atom. The third-order valence-corrected chi connectivity index (χ3v) is 17.7. The van der Waals surface area contributed by atoms with Gasteiger partial charge in [0, 0.05) is 25.7 Å². The zero-order valence-electron chi connectivity index (χ0n) is 57.3. The lowest BCUT2D eigenvalue weighted by molar-refractivity contribution is -0.161. The topological polar surface area (TPSA) is 237 Å². The first-order valence-corrected chi connectivity index (χ1v) is 38.7. The number of aliphatic hydroxyl groups excluding tert-OH is 1. The molecule has 0 bridgehead atoms. The van der Waals surface area contributed by atoms with Crippen molar-refractivity contribution in [3.63, 3.8) is 0 Å². The van der Waals surface area contributed by atoms with Crippen molar-refractivity contribution in [2.24, 2.45) is 23.7 Å². The Morgan fingerprint density at radius 3 is 0.705 bits per heavy atom. The molecule has 5 atom stereocenters. The van der Waals surface area contributed by atoms with Crippen LogP contribution in [0.3, 0.4) is 0 Å². The Balaban J connectivity index is 5.24. The van der Waals surface area contributed by atoms with E-state index in [1.807, 2.05) is 0 Å². The van der Waals surface area contributed by atoms with Gasteiger partial charge in [-0.3, -0.25) is 37.3 Å². The molecule has 0 aliphatic heterocycles. The Hall–Kier alpha value is -1.94. The van der Waals surface area contributed by atoms with Crippen LogP contribution in [0.5, 0.6) is 0 Å². The molecule has 0 saturated heterocycles. The molecule has 17 nitrogen and oxygen atoms in total. The number of rotatable bonds is 66. The Labute approximate surface area is 537 Å². The first kappa shape index (κ1) is 86.1. The van der Waals surface area contributed by atoms with Gasteiger partial charge in [0.25, 0.3) is 0 Å². The van der Waals surface area contributed by atoms with E-state index in [0.717, 1.165) is 114 Å². The fourth-order valence-electron chi connectivity index (χ4n) is 10.3. The molecule has 88 heavy (non-hydrogen) atoms. The fraction of sp³-hybridized carbons (Fsp3) is 0.942. The zero-order valence-corrected chi connectivity index (χ0v) is 59.1. The summed E-state index contributed by atoms with van der Waals surface area (Å²) in [6, 6.07) is 0. The van der Waals surface area contributed by atoms with Crippen LogP contribution >= 0.6 is 15.6 Å². The summed E-state index contributed by atoms with van der Waals surface area (Å²) in [5.41, 5.74) is 0. The molecule has 0 spiro atoms. The maximum atomic E-state index is 13.0. The molecular formula is C69H134O17P2. The number of unbranched alkanes of at least 4 members (excludes halogenated alkanes) is 32. The molecule has 0 aliphatic rings. The van der Waals surface area contributed by atoms with Gasteiger partial charge in [-0.1, -0.05) is 287 Å². The van der Waals surface area contributed by atoms with Gasteiger partial charge in [-0.25, -0.2) is 9.13 Å². The van der Waals surface area contributed by atoms with E-state index in [2.05, 4.69) is 55.4 Å². The van der Waals surface area contributed by atoms with Gasteiger partial charge in [0.05, 0.1) is 26.4 Å². The molecule has 0 aromatic rings. The van der Waals surface area contributed by atoms with Crippen molar-refractivity contribution in [2.75, 3.05) is 39.6 Å². The number of carbonyl (C=O) groups excluding carboxylic acids is 4. The van der Waals surface area contributed by atoms with Crippen LogP contribution in [-0.2, 0) is 65.4 Å². The summed E-state index contributed by atoms with van der Waals surface area (Å²) in [5.74, 6) is 0.804. The first-order valence-electron chi connectivity index (χ1n) is 35.7. The highest BCUT2D eigenvalue weighted by atomic mass is 31.2. The summed E-state index contributed by atoms with van der Waals surface area (Å²) in [6.45, 7) is 14.0. The lowest BCUT2D eigenvalue weighted by Crippen LogP contribution is -2.30. The number of ether oxygens (including phenoxy) is 4. The highest BCUT2D eigenvalue weighted by Gasteiger charge is 2.30. The molecular weight excluding hydrogens is 1160 g/mol. The first-order chi connectivity index (χ1) is 42.1. The molecule has 0 aromatic carbocycles. The number of esters is 4. The van der Waals surface area contributed by atoms with Gasteiger partial charge >= 0.3 is 39.5 Å². The summed E-state index contributed by atoms with van der Waals surface area (Å²) in [7, 11) is -9.90. The van der Waals surface area contributed by atoms with Crippen molar-refractivity contribution in [3.8, 4) is 0 Å². The molecule has 0 rings (SSSR count). The minimum Gasteiger partial charge on any atom is -0.462 e. The quantitative estimate of drug-likeness (QED) is 0.0222. The monoisotopic (exact) mass is 1300 g/mol. The summed E-state index contributed by atoms with van der Waals surface area (Å²) < 4.78 is 68.2. The third-order valence-electron chi connectivity index (χ3n) is 15.8. The molecule has 2 unspecified atom stereocenters. The second kappa shape index (κ2) is 58.8. The number of carbonyl (C=O) groups is 4. The highest BCUT2D eigenvalue weighted by Crippen LogP contribution is 2.45. The lowest BCUT2D eigenvalue weighted by atomic mass is 10.0. The van der Waals surface area contributed by atoms with Gasteiger partial charge in [-0.15, -0.1) is 0 Å². The molecule has 0 saturated carbocycles. The summed E-state index contributed by atoms with van der Waals surface area (Å²) in [6.07, 6.45) is 40.4. The Morgan fingerprint density at radius 1 is 0.284 bits per heavy atom. The molecule has 0 aliphatic carbocycles. The van der Waals surface area contributed by atoms with Gasteiger partial charge in [0.2, 0.25) is 0 Å². The predicted octanol–water partition coefficient (Wildman–Crippen LogP) is 19.3. The molecule has 522 valence electrons. The van der Waals surface area contributed by atoms with E-state index in [1.165, 1.54) is 135 Å². The highest BCUT2D eigenvalue weighted by molar-refractivity contribution is 7.47. The van der Waals surface area contributed by atoms with Crippen molar-refractivity contribution < 1.29 is 80.2 Å². The van der Waals surface area contributed by atoms with E-state index in [9.17, 15) is 43.2 Å². The second-order valence-corrected chi connectivity index (χ2v) is 29.7. The van der Waals surface area contributed by atoms with Crippen LogP contribution in [0.2, 0.25) is 0 Å². The molecule has 0 heterocycles. The van der Waals surface area contributed by atoms with Crippen LogP contribution in [-0.4, -0.2) is 96.7 Å². The minimum absolute atomic E-state index is 0.104. The van der Waals surface area contributed by atoms with Crippen molar-refractivity contribution in [3.05, 3.63) is 0 Å². The van der Waals surface area contributed by atoms with Crippen molar-refractivity contribution in [1.29, 1.82) is 0 Å². The van der Waals surface area contributed by atoms with E-state index < -0.39 is 97.5 Å². The van der Waals surface area contributed by atoms with Crippen molar-refractivity contribution >= 4 is 39.5 Å². The molecule has 0 aromatic heterocycles. The summed E-state index contributed by atoms with van der Waals surface area (Å²) in [5, 5.41) is 10.6. The zero-order chi connectivity index (χ0) is 65.4. The van der Waals surface area contributed by atoms with E-state index in [1.54, 1.807) is 0 Å². The minimum atomic E-state index is -4.95.